The van der Waals surface area contributed by atoms with Gasteiger partial charge >= 0.3 is 0 Å². The number of benzene rings is 1. The topological polar surface area (TPSA) is 100 Å². The average molecular weight is 390 g/mol. The molecule has 1 aliphatic rings. The highest BCUT2D eigenvalue weighted by Gasteiger charge is 2.17. The van der Waals surface area contributed by atoms with E-state index < -0.39 is 0 Å². The zero-order valence-electron chi connectivity index (χ0n) is 14.6. The number of morpholine rings is 1. The summed E-state index contributed by atoms with van der Waals surface area (Å²) in [5.41, 5.74) is 4.74. The number of aliphatic hydroxyl groups is 1. The molecule has 0 aliphatic carbocycles. The summed E-state index contributed by atoms with van der Waals surface area (Å²) in [7, 11) is 0. The van der Waals surface area contributed by atoms with Crippen LogP contribution in [0.25, 0.3) is 16.7 Å². The van der Waals surface area contributed by atoms with Gasteiger partial charge in [0.15, 0.2) is 5.65 Å². The molecule has 0 atom stereocenters. The van der Waals surface area contributed by atoms with E-state index in [0.717, 1.165) is 24.2 Å². The molecule has 1 aromatic carbocycles. The van der Waals surface area contributed by atoms with E-state index >= 15 is 0 Å². The molecule has 0 bridgehead atoms. The quantitative estimate of drug-likeness (QED) is 0.583. The predicted octanol–water partition coefficient (Wildman–Crippen LogP) is 1.53. The van der Waals surface area contributed by atoms with Gasteiger partial charge in [0.25, 0.3) is 0 Å². The first-order valence-electron chi connectivity index (χ1n) is 8.70. The van der Waals surface area contributed by atoms with Crippen molar-refractivity contribution in [2.24, 2.45) is 0 Å². The number of nitrogens with zero attached hydrogens (tertiary/aromatic N) is 5. The summed E-state index contributed by atoms with van der Waals surface area (Å²) in [6.07, 6.45) is 1.71. The number of hydrazine groups is 1. The van der Waals surface area contributed by atoms with Crippen molar-refractivity contribution >= 4 is 34.4 Å². The summed E-state index contributed by atoms with van der Waals surface area (Å²) in [6.45, 7) is 3.20. The molecule has 10 heteroatoms. The first-order chi connectivity index (χ1) is 13.2. The summed E-state index contributed by atoms with van der Waals surface area (Å²) in [5, 5.41) is 20.2. The number of halogens is 1. The van der Waals surface area contributed by atoms with E-state index in [-0.39, 0.29) is 6.61 Å². The molecule has 0 amide bonds. The molecule has 1 saturated heterocycles. The number of anilines is 2. The van der Waals surface area contributed by atoms with Crippen LogP contribution in [-0.4, -0.2) is 69.3 Å². The van der Waals surface area contributed by atoms with Crippen molar-refractivity contribution < 1.29 is 9.84 Å². The van der Waals surface area contributed by atoms with Crippen LogP contribution in [0.5, 0.6) is 0 Å². The first kappa shape index (κ1) is 17.9. The molecular weight excluding hydrogens is 370 g/mol. The van der Waals surface area contributed by atoms with E-state index in [1.54, 1.807) is 10.9 Å². The van der Waals surface area contributed by atoms with E-state index in [9.17, 15) is 0 Å². The van der Waals surface area contributed by atoms with Crippen LogP contribution in [0.1, 0.15) is 0 Å². The van der Waals surface area contributed by atoms with Gasteiger partial charge in [-0.3, -0.25) is 5.43 Å². The van der Waals surface area contributed by atoms with Crippen molar-refractivity contribution in [2.45, 2.75) is 0 Å². The van der Waals surface area contributed by atoms with Gasteiger partial charge in [-0.25, -0.2) is 9.69 Å². The minimum Gasteiger partial charge on any atom is -0.395 e. The van der Waals surface area contributed by atoms with Gasteiger partial charge in [0.2, 0.25) is 5.95 Å². The third kappa shape index (κ3) is 3.96. The Labute approximate surface area is 160 Å². The maximum absolute atomic E-state index is 9.16. The lowest BCUT2D eigenvalue weighted by molar-refractivity contribution is 0.0493. The number of hydrogen-bond acceptors (Lipinski definition) is 8. The molecule has 0 saturated carbocycles. The monoisotopic (exact) mass is 389 g/mol. The second-order valence-corrected chi connectivity index (χ2v) is 6.46. The lowest BCUT2D eigenvalue weighted by Crippen LogP contribution is -2.40. The lowest BCUT2D eigenvalue weighted by atomic mass is 10.3. The second kappa shape index (κ2) is 8.05. The number of nitrogens with one attached hydrogen (secondary N) is 2. The maximum Gasteiger partial charge on any atom is 0.241 e. The molecule has 1 aliphatic heterocycles. The summed E-state index contributed by atoms with van der Waals surface area (Å²) in [5.74, 6) is 1.07. The van der Waals surface area contributed by atoms with Crippen molar-refractivity contribution in [1.82, 2.24) is 24.8 Å². The normalized spacial score (nSPS) is 15.2. The lowest BCUT2D eigenvalue weighted by Gasteiger charge is -2.27. The van der Waals surface area contributed by atoms with Crippen molar-refractivity contribution in [2.75, 3.05) is 50.2 Å². The molecule has 3 heterocycles. The first-order valence-corrected chi connectivity index (χ1v) is 9.08. The van der Waals surface area contributed by atoms with Crippen LogP contribution in [0.2, 0.25) is 5.02 Å². The molecule has 4 rings (SSSR count). The number of rotatable bonds is 6. The van der Waals surface area contributed by atoms with E-state index in [1.165, 1.54) is 0 Å². The second-order valence-electron chi connectivity index (χ2n) is 6.03. The predicted molar refractivity (Wildman–Crippen MR) is 103 cm³/mol. The largest absolute Gasteiger partial charge is 0.395 e. The molecule has 0 spiro atoms. The Morgan fingerprint density at radius 2 is 1.93 bits per heavy atom. The Kier molecular flexibility index (Phi) is 5.35. The molecule has 0 radical (unpaired) electrons. The zero-order chi connectivity index (χ0) is 18.6. The number of fused-ring (bicyclic) bond motifs is 1. The number of aromatic nitrogens is 4. The van der Waals surface area contributed by atoms with E-state index in [2.05, 4.69) is 25.8 Å². The van der Waals surface area contributed by atoms with Gasteiger partial charge in [-0.05, 0) is 24.3 Å². The highest BCUT2D eigenvalue weighted by molar-refractivity contribution is 6.30. The Hall–Kier alpha value is -2.46. The Bertz CT molecular complexity index is 910. The number of ether oxygens (including phenoxy) is 1. The van der Waals surface area contributed by atoms with Crippen molar-refractivity contribution in [3.8, 4) is 5.69 Å². The van der Waals surface area contributed by atoms with Crippen molar-refractivity contribution in [3.05, 3.63) is 35.5 Å². The van der Waals surface area contributed by atoms with Crippen molar-refractivity contribution in [3.63, 3.8) is 0 Å². The van der Waals surface area contributed by atoms with Crippen LogP contribution >= 0.6 is 11.6 Å². The third-order valence-corrected chi connectivity index (χ3v) is 4.43. The van der Waals surface area contributed by atoms with Crippen LogP contribution < -0.4 is 10.7 Å². The molecule has 1 fully saturated rings. The van der Waals surface area contributed by atoms with Gasteiger partial charge in [0, 0.05) is 24.7 Å². The summed E-state index contributed by atoms with van der Waals surface area (Å²) in [4.78, 5) is 9.21. The molecule has 2 aromatic heterocycles. The Morgan fingerprint density at radius 3 is 2.67 bits per heavy atom. The van der Waals surface area contributed by atoms with Crippen LogP contribution in [0, 0.1) is 0 Å². The van der Waals surface area contributed by atoms with Gasteiger partial charge in [0.1, 0.15) is 5.82 Å². The smallest absolute Gasteiger partial charge is 0.241 e. The van der Waals surface area contributed by atoms with Crippen LogP contribution in [0.4, 0.5) is 11.8 Å². The number of hydrogen-bond donors (Lipinski definition) is 3. The molecule has 142 valence electrons. The zero-order valence-corrected chi connectivity index (χ0v) is 15.4. The van der Waals surface area contributed by atoms with Gasteiger partial charge in [-0.15, -0.1) is 0 Å². The SMILES string of the molecule is OCCNc1nc(NN2CCOCC2)nc2c1cnn2-c1ccc(Cl)cc1. The Balaban J connectivity index is 1.74. The fourth-order valence-corrected chi connectivity index (χ4v) is 2.98. The highest BCUT2D eigenvalue weighted by Crippen LogP contribution is 2.25. The van der Waals surface area contributed by atoms with Crippen LogP contribution in [0.3, 0.4) is 0 Å². The van der Waals surface area contributed by atoms with Crippen LogP contribution in [-0.2, 0) is 4.74 Å². The van der Waals surface area contributed by atoms with E-state index in [1.807, 2.05) is 29.3 Å². The van der Waals surface area contributed by atoms with Crippen LogP contribution in [0.15, 0.2) is 30.5 Å². The highest BCUT2D eigenvalue weighted by atomic mass is 35.5. The minimum absolute atomic E-state index is 0.00302. The average Bonchev–Trinajstić information content (AvgIpc) is 3.11. The van der Waals surface area contributed by atoms with Crippen molar-refractivity contribution in [1.29, 1.82) is 0 Å². The third-order valence-electron chi connectivity index (χ3n) is 4.17. The number of aliphatic hydroxyl groups excluding tert-OH is 1. The molecular formula is C17H20ClN7O2. The fraction of sp³-hybridized carbons (Fsp3) is 0.353. The molecule has 9 nitrogen and oxygen atoms in total. The standard InChI is InChI=1S/C17H20ClN7O2/c18-12-1-3-13(4-2-12)25-16-14(11-20-25)15(19-5-8-26)21-17(22-16)23-24-6-9-27-10-7-24/h1-4,11,26H,5-10H2,(H2,19,21,22,23). The molecule has 3 N–H and O–H groups in total. The summed E-state index contributed by atoms with van der Waals surface area (Å²) in [6, 6.07) is 7.38. The maximum atomic E-state index is 9.16. The molecule has 27 heavy (non-hydrogen) atoms. The fourth-order valence-electron chi connectivity index (χ4n) is 2.85. The molecule has 3 aromatic rings. The van der Waals surface area contributed by atoms with Gasteiger partial charge in [-0.2, -0.15) is 15.1 Å². The van der Waals surface area contributed by atoms with Gasteiger partial charge in [-0.1, -0.05) is 11.6 Å². The van der Waals surface area contributed by atoms with E-state index in [0.29, 0.717) is 42.2 Å². The minimum atomic E-state index is 0.00302. The molecule has 0 unspecified atom stereocenters. The summed E-state index contributed by atoms with van der Waals surface area (Å²) >= 11 is 5.99. The summed E-state index contributed by atoms with van der Waals surface area (Å²) < 4.78 is 7.11. The van der Waals surface area contributed by atoms with E-state index in [4.69, 9.17) is 21.4 Å². The van der Waals surface area contributed by atoms with Gasteiger partial charge < -0.3 is 15.2 Å². The van der Waals surface area contributed by atoms with Gasteiger partial charge in [0.05, 0.1) is 37.1 Å². The Morgan fingerprint density at radius 1 is 1.15 bits per heavy atom.